The minimum Gasteiger partial charge on any atom is -0.438 e. The van der Waals surface area contributed by atoms with Crippen LogP contribution in [0.5, 0.6) is 11.6 Å². The zero-order valence-corrected chi connectivity index (χ0v) is 21.8. The maximum Gasteiger partial charge on any atom is 0.259 e. The number of nitrogens with one attached hydrogen (secondary N) is 1. The lowest BCUT2D eigenvalue weighted by molar-refractivity contribution is -0.134. The van der Waals surface area contributed by atoms with Gasteiger partial charge < -0.3 is 14.5 Å². The van der Waals surface area contributed by atoms with Gasteiger partial charge in [-0.15, -0.1) is 0 Å². The Hall–Kier alpha value is -3.36. The van der Waals surface area contributed by atoms with E-state index in [1.54, 1.807) is 30.1 Å². The molecule has 2 saturated heterocycles. The molecule has 0 radical (unpaired) electrons. The number of piperidine rings is 1. The Kier molecular flexibility index (Phi) is 7.76. The molecule has 5 rings (SSSR count). The highest BCUT2D eigenvalue weighted by atomic mass is 32.2. The minimum atomic E-state index is -0.453. The SMILES string of the molecule is CSCCC1NC2(CCN(C(=O)c3cccnc3Oc3ccccc3)CC2)N(Cc2ccccc2)C1=O. The first-order chi connectivity index (χ1) is 18.1. The lowest BCUT2D eigenvalue weighted by Crippen LogP contribution is -2.59. The zero-order chi connectivity index (χ0) is 25.7. The van der Waals surface area contributed by atoms with Crippen LogP contribution in [0.4, 0.5) is 0 Å². The monoisotopic (exact) mass is 516 g/mol. The van der Waals surface area contributed by atoms with Crippen LogP contribution in [0.25, 0.3) is 0 Å². The maximum absolute atomic E-state index is 13.6. The largest absolute Gasteiger partial charge is 0.438 e. The van der Waals surface area contributed by atoms with E-state index in [0.29, 0.717) is 49.7 Å². The number of hydrogen-bond donors (Lipinski definition) is 1. The van der Waals surface area contributed by atoms with Crippen LogP contribution in [0.3, 0.4) is 0 Å². The van der Waals surface area contributed by atoms with Crippen LogP contribution in [-0.4, -0.2) is 63.4 Å². The second-order valence-corrected chi connectivity index (χ2v) is 10.5. The van der Waals surface area contributed by atoms with E-state index < -0.39 is 5.66 Å². The van der Waals surface area contributed by atoms with Crippen LogP contribution < -0.4 is 10.1 Å². The first-order valence-corrected chi connectivity index (χ1v) is 14.1. The summed E-state index contributed by atoms with van der Waals surface area (Å²) < 4.78 is 5.94. The molecule has 2 fully saturated rings. The summed E-state index contributed by atoms with van der Waals surface area (Å²) in [6.07, 6.45) is 5.83. The molecule has 7 nitrogen and oxygen atoms in total. The molecule has 2 aromatic carbocycles. The van der Waals surface area contributed by atoms with Gasteiger partial charge in [0.15, 0.2) is 0 Å². The Bertz CT molecular complexity index is 1220. The van der Waals surface area contributed by atoms with E-state index in [2.05, 4.69) is 28.7 Å². The smallest absolute Gasteiger partial charge is 0.259 e. The highest BCUT2D eigenvalue weighted by Crippen LogP contribution is 2.36. The van der Waals surface area contributed by atoms with E-state index in [4.69, 9.17) is 4.74 Å². The third kappa shape index (κ3) is 5.50. The van der Waals surface area contributed by atoms with Crippen LogP contribution in [-0.2, 0) is 11.3 Å². The molecule has 1 N–H and O–H groups in total. The van der Waals surface area contributed by atoms with Crippen molar-refractivity contribution >= 4 is 23.6 Å². The summed E-state index contributed by atoms with van der Waals surface area (Å²) in [5, 5.41) is 3.69. The molecule has 2 aliphatic rings. The fraction of sp³-hybridized carbons (Fsp3) is 0.345. The second-order valence-electron chi connectivity index (χ2n) is 9.48. The molecule has 2 aliphatic heterocycles. The summed E-state index contributed by atoms with van der Waals surface area (Å²) in [7, 11) is 0. The lowest BCUT2D eigenvalue weighted by Gasteiger charge is -2.44. The van der Waals surface area contributed by atoms with Gasteiger partial charge in [-0.05, 0) is 48.3 Å². The van der Waals surface area contributed by atoms with Crippen molar-refractivity contribution in [3.8, 4) is 11.6 Å². The number of hydrogen-bond acceptors (Lipinski definition) is 6. The van der Waals surface area contributed by atoms with E-state index in [9.17, 15) is 9.59 Å². The third-order valence-electron chi connectivity index (χ3n) is 7.15. The van der Waals surface area contributed by atoms with Crippen molar-refractivity contribution in [2.24, 2.45) is 0 Å². The molecule has 0 saturated carbocycles. The van der Waals surface area contributed by atoms with Crippen molar-refractivity contribution in [2.45, 2.75) is 37.5 Å². The summed E-state index contributed by atoms with van der Waals surface area (Å²) in [4.78, 5) is 35.2. The summed E-state index contributed by atoms with van der Waals surface area (Å²) in [6, 6.07) is 22.8. The van der Waals surface area contributed by atoms with Crippen LogP contribution >= 0.6 is 11.8 Å². The zero-order valence-electron chi connectivity index (χ0n) is 21.0. The maximum atomic E-state index is 13.6. The first kappa shape index (κ1) is 25.3. The van der Waals surface area contributed by atoms with Crippen LogP contribution in [0, 0.1) is 0 Å². The quantitative estimate of drug-likeness (QED) is 0.473. The van der Waals surface area contributed by atoms with Crippen molar-refractivity contribution in [3.63, 3.8) is 0 Å². The lowest BCUT2D eigenvalue weighted by atomic mass is 9.94. The molecule has 3 heterocycles. The topological polar surface area (TPSA) is 74.8 Å². The van der Waals surface area contributed by atoms with Gasteiger partial charge in [0, 0.05) is 38.7 Å². The number of carbonyl (C=O) groups excluding carboxylic acids is 2. The second kappa shape index (κ2) is 11.4. The van der Waals surface area contributed by atoms with Crippen molar-refractivity contribution < 1.29 is 14.3 Å². The van der Waals surface area contributed by atoms with Gasteiger partial charge in [0.25, 0.3) is 5.91 Å². The molecule has 3 aromatic rings. The summed E-state index contributed by atoms with van der Waals surface area (Å²) in [5.74, 6) is 1.91. The van der Waals surface area contributed by atoms with E-state index in [-0.39, 0.29) is 17.9 Å². The predicted octanol–water partition coefficient (Wildman–Crippen LogP) is 4.56. The molecule has 0 bridgehead atoms. The molecule has 37 heavy (non-hydrogen) atoms. The normalized spacial score (nSPS) is 18.8. The van der Waals surface area contributed by atoms with Gasteiger partial charge in [0.05, 0.1) is 11.7 Å². The van der Waals surface area contributed by atoms with E-state index in [1.165, 1.54) is 0 Å². The Labute approximate surface area is 222 Å². The van der Waals surface area contributed by atoms with Crippen molar-refractivity contribution in [2.75, 3.05) is 25.1 Å². The number of pyridine rings is 1. The van der Waals surface area contributed by atoms with E-state index in [0.717, 1.165) is 17.7 Å². The highest BCUT2D eigenvalue weighted by molar-refractivity contribution is 7.98. The van der Waals surface area contributed by atoms with E-state index in [1.807, 2.05) is 58.3 Å². The Morgan fingerprint density at radius 2 is 1.76 bits per heavy atom. The van der Waals surface area contributed by atoms with Gasteiger partial charge in [-0.3, -0.25) is 14.9 Å². The average Bonchev–Trinajstić information content (AvgIpc) is 3.19. The van der Waals surface area contributed by atoms with E-state index >= 15 is 0 Å². The van der Waals surface area contributed by atoms with Crippen LogP contribution in [0.15, 0.2) is 79.0 Å². The van der Waals surface area contributed by atoms with Crippen molar-refractivity contribution in [1.29, 1.82) is 0 Å². The molecule has 8 heteroatoms. The number of likely N-dealkylation sites (tertiary alicyclic amines) is 1. The molecule has 1 unspecified atom stereocenters. The molecular weight excluding hydrogens is 484 g/mol. The Morgan fingerprint density at radius 1 is 1.05 bits per heavy atom. The predicted molar refractivity (Wildman–Crippen MR) is 146 cm³/mol. The van der Waals surface area contributed by atoms with Gasteiger partial charge >= 0.3 is 0 Å². The number of para-hydroxylation sites is 1. The highest BCUT2D eigenvalue weighted by Gasteiger charge is 2.51. The first-order valence-electron chi connectivity index (χ1n) is 12.7. The van der Waals surface area contributed by atoms with Crippen molar-refractivity contribution in [3.05, 3.63) is 90.1 Å². The number of carbonyl (C=O) groups is 2. The molecule has 1 aromatic heterocycles. The molecule has 192 valence electrons. The van der Waals surface area contributed by atoms with Gasteiger partial charge in [0.2, 0.25) is 11.8 Å². The summed E-state index contributed by atoms with van der Waals surface area (Å²) >= 11 is 1.75. The number of aromatic nitrogens is 1. The van der Waals surface area contributed by atoms with Crippen LogP contribution in [0.1, 0.15) is 35.2 Å². The summed E-state index contributed by atoms with van der Waals surface area (Å²) in [5.41, 5.74) is 1.10. The number of ether oxygens (including phenoxy) is 1. The van der Waals surface area contributed by atoms with Crippen molar-refractivity contribution in [1.82, 2.24) is 20.1 Å². The number of rotatable bonds is 8. The summed E-state index contributed by atoms with van der Waals surface area (Å²) in [6.45, 7) is 1.65. The molecule has 1 atom stereocenters. The Morgan fingerprint density at radius 3 is 2.46 bits per heavy atom. The number of amides is 2. The Balaban J connectivity index is 1.32. The third-order valence-corrected chi connectivity index (χ3v) is 7.80. The minimum absolute atomic E-state index is 0.105. The number of nitrogens with zero attached hydrogens (tertiary/aromatic N) is 3. The van der Waals surface area contributed by atoms with Gasteiger partial charge in [-0.2, -0.15) is 11.8 Å². The number of thioether (sulfide) groups is 1. The molecule has 2 amide bonds. The van der Waals surface area contributed by atoms with Gasteiger partial charge in [-0.25, -0.2) is 4.98 Å². The molecule has 1 spiro atoms. The standard InChI is InChI=1S/C29H32N4O3S/c1-37-20-14-25-28(35)33(21-22-9-4-2-5-10-22)29(31-25)15-18-32(19-16-29)27(34)24-13-8-17-30-26(24)36-23-11-6-3-7-12-23/h2-13,17,25,31H,14-16,18-21H2,1H3. The van der Waals surface area contributed by atoms with Gasteiger partial charge in [0.1, 0.15) is 11.3 Å². The van der Waals surface area contributed by atoms with Crippen LogP contribution in [0.2, 0.25) is 0 Å². The molecule has 0 aliphatic carbocycles. The fourth-order valence-corrected chi connectivity index (χ4v) is 5.66. The number of benzene rings is 2. The fourth-order valence-electron chi connectivity index (χ4n) is 5.19. The molecular formula is C29H32N4O3S. The van der Waals surface area contributed by atoms with Gasteiger partial charge in [-0.1, -0.05) is 48.5 Å². The average molecular weight is 517 g/mol.